The molecule has 0 aromatic carbocycles. The molecule has 2 N–H and O–H groups in total. The molecule has 0 unspecified atom stereocenters. The van der Waals surface area contributed by atoms with Gasteiger partial charge in [-0.1, -0.05) is 0 Å². The van der Waals surface area contributed by atoms with Gasteiger partial charge in [-0.05, 0) is 47.7 Å². The summed E-state index contributed by atoms with van der Waals surface area (Å²) in [4.78, 5) is 14.1. The number of anilines is 1. The fraction of sp³-hybridized carbons (Fsp3) is 0.667. The predicted molar refractivity (Wildman–Crippen MR) is 75.9 cm³/mol. The van der Waals surface area contributed by atoms with Gasteiger partial charge in [0.05, 0.1) is 11.9 Å². The molecule has 18 heavy (non-hydrogen) atoms. The highest BCUT2D eigenvalue weighted by Gasteiger charge is 2.23. The minimum Gasteiger partial charge on any atom is -0.372 e. The summed E-state index contributed by atoms with van der Waals surface area (Å²) in [6, 6.07) is 0. The topological polar surface area (TPSA) is 64.2 Å². The van der Waals surface area contributed by atoms with Crippen molar-refractivity contribution in [1.29, 1.82) is 0 Å². The number of hydrogen-bond acceptors (Lipinski definition) is 4. The van der Waals surface area contributed by atoms with E-state index in [0.717, 1.165) is 25.2 Å². The number of hydrogen-bond donors (Lipinski definition) is 1. The molecule has 2 rings (SSSR count). The first-order valence-electron chi connectivity index (χ1n) is 6.30. The Hall–Kier alpha value is -0.880. The largest absolute Gasteiger partial charge is 0.372 e. The maximum absolute atomic E-state index is 12.1. The lowest BCUT2D eigenvalue weighted by Crippen LogP contribution is -2.29. The summed E-state index contributed by atoms with van der Waals surface area (Å²) in [7, 11) is 1.95. The Bertz CT molecular complexity index is 470. The Kier molecular flexibility index (Phi) is 4.40. The van der Waals surface area contributed by atoms with Crippen LogP contribution in [0.1, 0.15) is 19.3 Å². The molecule has 1 heterocycles. The van der Waals surface area contributed by atoms with Gasteiger partial charge in [0, 0.05) is 20.1 Å². The zero-order valence-electron chi connectivity index (χ0n) is 10.6. The molecule has 0 bridgehead atoms. The van der Waals surface area contributed by atoms with Crippen molar-refractivity contribution in [3.63, 3.8) is 0 Å². The molecular formula is C12H19BrN4O. The van der Waals surface area contributed by atoms with Gasteiger partial charge in [0.15, 0.2) is 0 Å². The molecule has 1 saturated carbocycles. The Morgan fingerprint density at radius 1 is 1.61 bits per heavy atom. The van der Waals surface area contributed by atoms with Gasteiger partial charge in [-0.25, -0.2) is 4.68 Å². The van der Waals surface area contributed by atoms with Crippen LogP contribution in [0.3, 0.4) is 0 Å². The Labute approximate surface area is 115 Å². The summed E-state index contributed by atoms with van der Waals surface area (Å²) in [5, 5.41) is 4.25. The molecule has 1 aromatic heterocycles. The lowest BCUT2D eigenvalue weighted by molar-refractivity contribution is 0.530. The van der Waals surface area contributed by atoms with Gasteiger partial charge < -0.3 is 10.6 Å². The van der Waals surface area contributed by atoms with Gasteiger partial charge in [-0.15, -0.1) is 0 Å². The molecule has 1 aliphatic carbocycles. The first-order valence-corrected chi connectivity index (χ1v) is 7.09. The van der Waals surface area contributed by atoms with Gasteiger partial charge in [-0.3, -0.25) is 4.79 Å². The lowest BCUT2D eigenvalue weighted by Gasteiger charge is -2.20. The first kappa shape index (κ1) is 13.5. The average Bonchev–Trinajstić information content (AvgIpc) is 3.16. The van der Waals surface area contributed by atoms with Crippen LogP contribution in [-0.4, -0.2) is 29.9 Å². The maximum Gasteiger partial charge on any atom is 0.283 e. The zero-order chi connectivity index (χ0) is 13.1. The summed E-state index contributed by atoms with van der Waals surface area (Å²) in [6.45, 7) is 2.21. The fourth-order valence-electron chi connectivity index (χ4n) is 1.85. The molecule has 1 aromatic rings. The molecule has 0 radical (unpaired) electrons. The van der Waals surface area contributed by atoms with E-state index in [1.165, 1.54) is 12.8 Å². The summed E-state index contributed by atoms with van der Waals surface area (Å²) >= 11 is 3.39. The van der Waals surface area contributed by atoms with Crippen LogP contribution in [0.15, 0.2) is 15.5 Å². The highest BCUT2D eigenvalue weighted by molar-refractivity contribution is 9.10. The van der Waals surface area contributed by atoms with Crippen molar-refractivity contribution in [2.24, 2.45) is 11.7 Å². The van der Waals surface area contributed by atoms with Crippen LogP contribution in [0.25, 0.3) is 0 Å². The zero-order valence-corrected chi connectivity index (χ0v) is 12.2. The Morgan fingerprint density at radius 2 is 2.33 bits per heavy atom. The third kappa shape index (κ3) is 3.11. The molecule has 0 atom stereocenters. The smallest absolute Gasteiger partial charge is 0.283 e. The summed E-state index contributed by atoms with van der Waals surface area (Å²) < 4.78 is 2.15. The molecule has 0 saturated heterocycles. The van der Waals surface area contributed by atoms with Crippen molar-refractivity contribution in [3.05, 3.63) is 21.0 Å². The average molecular weight is 315 g/mol. The number of nitrogens with zero attached hydrogens (tertiary/aromatic N) is 3. The van der Waals surface area contributed by atoms with E-state index in [9.17, 15) is 4.79 Å². The standard InChI is InChI=1S/C12H19BrN4O/c1-16(6-2-5-14)10-7-15-17(8-9-3-4-9)12(18)11(10)13/h7,9H,2-6,8,14H2,1H3. The normalized spacial score (nSPS) is 14.8. The molecule has 1 aliphatic rings. The second-order valence-corrected chi connectivity index (χ2v) is 5.63. The monoisotopic (exact) mass is 314 g/mol. The molecule has 0 aliphatic heterocycles. The van der Waals surface area contributed by atoms with Crippen LogP contribution >= 0.6 is 15.9 Å². The summed E-state index contributed by atoms with van der Waals surface area (Å²) in [5.74, 6) is 0.642. The molecule has 0 spiro atoms. The number of halogens is 1. The Morgan fingerprint density at radius 3 is 2.94 bits per heavy atom. The van der Waals surface area contributed by atoms with Crippen LogP contribution in [0.2, 0.25) is 0 Å². The third-order valence-corrected chi connectivity index (χ3v) is 3.95. The minimum atomic E-state index is -0.0426. The van der Waals surface area contributed by atoms with Crippen molar-refractivity contribution >= 4 is 21.6 Å². The molecule has 6 heteroatoms. The lowest BCUT2D eigenvalue weighted by atomic mass is 10.3. The quantitative estimate of drug-likeness (QED) is 0.857. The Balaban J connectivity index is 2.16. The van der Waals surface area contributed by atoms with E-state index in [1.54, 1.807) is 10.9 Å². The number of aromatic nitrogens is 2. The van der Waals surface area contributed by atoms with Crippen molar-refractivity contribution < 1.29 is 0 Å². The van der Waals surface area contributed by atoms with Crippen LogP contribution in [0.4, 0.5) is 5.69 Å². The molecule has 100 valence electrons. The molecular weight excluding hydrogens is 296 g/mol. The highest BCUT2D eigenvalue weighted by Crippen LogP contribution is 2.30. The van der Waals surface area contributed by atoms with E-state index >= 15 is 0 Å². The van der Waals surface area contributed by atoms with Gasteiger partial charge in [0.2, 0.25) is 0 Å². The van der Waals surface area contributed by atoms with E-state index in [-0.39, 0.29) is 5.56 Å². The maximum atomic E-state index is 12.1. The summed E-state index contributed by atoms with van der Waals surface area (Å²) in [6.07, 6.45) is 5.08. The van der Waals surface area contributed by atoms with Gasteiger partial charge in [0.1, 0.15) is 4.47 Å². The third-order valence-electron chi connectivity index (χ3n) is 3.20. The van der Waals surface area contributed by atoms with Crippen LogP contribution in [-0.2, 0) is 6.54 Å². The minimum absolute atomic E-state index is 0.0426. The van der Waals surface area contributed by atoms with Crippen molar-refractivity contribution in [2.45, 2.75) is 25.8 Å². The van der Waals surface area contributed by atoms with Crippen molar-refractivity contribution in [3.8, 4) is 0 Å². The SMILES string of the molecule is CN(CCCN)c1cnn(CC2CC2)c(=O)c1Br. The van der Waals surface area contributed by atoms with Crippen LogP contribution in [0, 0.1) is 5.92 Å². The van der Waals surface area contributed by atoms with Crippen molar-refractivity contribution in [1.82, 2.24) is 9.78 Å². The van der Waals surface area contributed by atoms with E-state index in [1.807, 2.05) is 11.9 Å². The highest BCUT2D eigenvalue weighted by atomic mass is 79.9. The second kappa shape index (κ2) is 5.84. The van der Waals surface area contributed by atoms with Crippen LogP contribution in [0.5, 0.6) is 0 Å². The van der Waals surface area contributed by atoms with Gasteiger partial charge >= 0.3 is 0 Å². The second-order valence-electron chi connectivity index (χ2n) is 4.84. The fourth-order valence-corrected chi connectivity index (χ4v) is 2.46. The molecule has 0 amide bonds. The van der Waals surface area contributed by atoms with Gasteiger partial charge in [-0.2, -0.15) is 5.10 Å². The van der Waals surface area contributed by atoms with E-state index < -0.39 is 0 Å². The molecule has 5 nitrogen and oxygen atoms in total. The van der Waals surface area contributed by atoms with Gasteiger partial charge in [0.25, 0.3) is 5.56 Å². The molecule has 1 fully saturated rings. The van der Waals surface area contributed by atoms with Crippen molar-refractivity contribution in [2.75, 3.05) is 25.0 Å². The van der Waals surface area contributed by atoms with Crippen LogP contribution < -0.4 is 16.2 Å². The predicted octanol–water partition coefficient (Wildman–Crippen LogP) is 1.20. The van der Waals surface area contributed by atoms with E-state index in [4.69, 9.17) is 5.73 Å². The first-order chi connectivity index (χ1) is 8.63. The number of rotatable bonds is 6. The van der Waals surface area contributed by atoms with E-state index in [2.05, 4.69) is 21.0 Å². The van der Waals surface area contributed by atoms with E-state index in [0.29, 0.717) is 16.9 Å². The summed E-state index contributed by atoms with van der Waals surface area (Å²) in [5.41, 5.74) is 6.28. The number of nitrogens with two attached hydrogens (primary N) is 1.